The molecule has 0 atom stereocenters. The van der Waals surface area contributed by atoms with Crippen LogP contribution in [0.25, 0.3) is 0 Å². The summed E-state index contributed by atoms with van der Waals surface area (Å²) in [6, 6.07) is 24.4. The molecule has 3 aromatic rings. The van der Waals surface area contributed by atoms with Gasteiger partial charge < -0.3 is 0 Å². The molecule has 0 saturated heterocycles. The monoisotopic (exact) mass is 337 g/mol. The lowest BCUT2D eigenvalue weighted by molar-refractivity contribution is 1.40. The van der Waals surface area contributed by atoms with E-state index in [9.17, 15) is 0 Å². The summed E-state index contributed by atoms with van der Waals surface area (Å²) in [7, 11) is 0. The van der Waals surface area contributed by atoms with E-state index in [2.05, 4.69) is 48.3 Å². The van der Waals surface area contributed by atoms with Gasteiger partial charge in [-0.25, -0.2) is 0 Å². The van der Waals surface area contributed by atoms with Gasteiger partial charge in [0.2, 0.25) is 0 Å². The van der Waals surface area contributed by atoms with Gasteiger partial charge in [-0.1, -0.05) is 53.2 Å². The highest BCUT2D eigenvalue weighted by Crippen LogP contribution is 2.28. The van der Waals surface area contributed by atoms with Crippen LogP contribution in [-0.2, 0) is 0 Å². The molecule has 0 spiro atoms. The first kappa shape index (κ1) is 15.9. The summed E-state index contributed by atoms with van der Waals surface area (Å²) in [4.78, 5) is 6.87. The predicted molar refractivity (Wildman–Crippen MR) is 100 cm³/mol. The van der Waals surface area contributed by atoms with Gasteiger partial charge in [-0.15, -0.1) is 0 Å². The highest BCUT2D eigenvalue weighted by molar-refractivity contribution is 7.99. The second-order valence-corrected chi connectivity index (χ2v) is 6.80. The average molecular weight is 338 g/mol. The zero-order chi connectivity index (χ0) is 16.1. The Morgan fingerprint density at radius 3 is 1.96 bits per heavy atom. The van der Waals surface area contributed by atoms with Crippen molar-refractivity contribution in [1.82, 2.24) is 0 Å². The number of nitrogens with zero attached hydrogens (tertiary/aromatic N) is 1. The summed E-state index contributed by atoms with van der Waals surface area (Å²) in [5.41, 5.74) is 3.30. The molecule has 0 amide bonds. The Labute approximate surface area is 146 Å². The molecule has 114 valence electrons. The highest BCUT2D eigenvalue weighted by atomic mass is 35.5. The summed E-state index contributed by atoms with van der Waals surface area (Å²) in [6.45, 7) is 2.07. The van der Waals surface area contributed by atoms with Gasteiger partial charge in [0, 0.05) is 21.0 Å². The van der Waals surface area contributed by atoms with Gasteiger partial charge in [-0.05, 0) is 61.0 Å². The van der Waals surface area contributed by atoms with Crippen molar-refractivity contribution in [3.8, 4) is 0 Å². The molecule has 0 N–H and O–H groups in total. The topological polar surface area (TPSA) is 12.4 Å². The van der Waals surface area contributed by atoms with E-state index in [1.54, 1.807) is 11.8 Å². The molecule has 0 aliphatic rings. The largest absolute Gasteiger partial charge is 0.256 e. The molecule has 0 fully saturated rings. The first-order valence-corrected chi connectivity index (χ1v) is 8.53. The Hall–Kier alpha value is -2.03. The molecular formula is C20H16ClNS. The first-order chi connectivity index (χ1) is 11.2. The minimum atomic E-state index is 0.761. The number of benzene rings is 3. The molecule has 0 aliphatic heterocycles. The van der Waals surface area contributed by atoms with Crippen LogP contribution >= 0.6 is 23.4 Å². The van der Waals surface area contributed by atoms with Crippen molar-refractivity contribution in [3.63, 3.8) is 0 Å². The quantitative estimate of drug-likeness (QED) is 0.492. The van der Waals surface area contributed by atoms with Crippen molar-refractivity contribution < 1.29 is 0 Å². The zero-order valence-corrected chi connectivity index (χ0v) is 14.3. The number of aryl methyl sites for hydroxylation is 1. The summed E-state index contributed by atoms with van der Waals surface area (Å²) in [5.74, 6) is 0. The van der Waals surface area contributed by atoms with Crippen LogP contribution in [0.1, 0.15) is 11.1 Å². The number of hydrogen-bond acceptors (Lipinski definition) is 2. The van der Waals surface area contributed by atoms with E-state index in [-0.39, 0.29) is 0 Å². The van der Waals surface area contributed by atoms with Crippen molar-refractivity contribution in [2.45, 2.75) is 16.7 Å². The molecule has 1 nitrogen and oxygen atoms in total. The Morgan fingerprint density at radius 2 is 1.35 bits per heavy atom. The van der Waals surface area contributed by atoms with Crippen LogP contribution in [0.2, 0.25) is 5.02 Å². The van der Waals surface area contributed by atoms with Crippen molar-refractivity contribution in [2.24, 2.45) is 4.99 Å². The summed E-state index contributed by atoms with van der Waals surface area (Å²) < 4.78 is 0. The van der Waals surface area contributed by atoms with Gasteiger partial charge in [0.25, 0.3) is 0 Å². The van der Waals surface area contributed by atoms with Gasteiger partial charge >= 0.3 is 0 Å². The molecule has 0 radical (unpaired) electrons. The molecule has 3 rings (SSSR count). The van der Waals surface area contributed by atoms with Crippen LogP contribution < -0.4 is 0 Å². The Balaban J connectivity index is 1.67. The molecule has 0 heterocycles. The van der Waals surface area contributed by atoms with E-state index in [0.29, 0.717) is 0 Å². The third kappa shape index (κ3) is 4.72. The Morgan fingerprint density at radius 1 is 0.783 bits per heavy atom. The molecule has 3 aromatic carbocycles. The minimum Gasteiger partial charge on any atom is -0.256 e. The van der Waals surface area contributed by atoms with Gasteiger partial charge in [-0.2, -0.15) is 0 Å². The van der Waals surface area contributed by atoms with E-state index >= 15 is 0 Å². The van der Waals surface area contributed by atoms with Gasteiger partial charge in [0.05, 0.1) is 5.69 Å². The van der Waals surface area contributed by atoms with Crippen LogP contribution in [0.15, 0.2) is 87.6 Å². The molecule has 0 aliphatic carbocycles. The van der Waals surface area contributed by atoms with Gasteiger partial charge in [0.1, 0.15) is 0 Å². The van der Waals surface area contributed by atoms with Crippen molar-refractivity contribution in [3.05, 3.63) is 88.9 Å². The second kappa shape index (κ2) is 7.49. The number of rotatable bonds is 4. The van der Waals surface area contributed by atoms with Crippen LogP contribution in [-0.4, -0.2) is 6.21 Å². The van der Waals surface area contributed by atoms with E-state index in [1.165, 1.54) is 15.4 Å². The Kier molecular flexibility index (Phi) is 5.16. The summed E-state index contributed by atoms with van der Waals surface area (Å²) in [5, 5.41) is 0.761. The molecule has 23 heavy (non-hydrogen) atoms. The van der Waals surface area contributed by atoms with E-state index < -0.39 is 0 Å². The Bertz CT molecular complexity index is 791. The van der Waals surface area contributed by atoms with Gasteiger partial charge in [0.15, 0.2) is 0 Å². The second-order valence-electron chi connectivity index (χ2n) is 5.22. The lowest BCUT2D eigenvalue weighted by Gasteiger charge is -2.02. The lowest BCUT2D eigenvalue weighted by atomic mass is 10.2. The maximum Gasteiger partial charge on any atom is 0.0630 e. The van der Waals surface area contributed by atoms with Gasteiger partial charge in [-0.3, -0.25) is 4.99 Å². The smallest absolute Gasteiger partial charge is 0.0630 e. The maximum absolute atomic E-state index is 5.91. The normalized spacial score (nSPS) is 11.0. The predicted octanol–water partition coefficient (Wildman–Crippen LogP) is 6.55. The fourth-order valence-corrected chi connectivity index (χ4v) is 2.98. The minimum absolute atomic E-state index is 0.761. The lowest BCUT2D eigenvalue weighted by Crippen LogP contribution is -1.81. The van der Waals surface area contributed by atoms with Crippen LogP contribution in [0, 0.1) is 6.92 Å². The third-order valence-electron chi connectivity index (χ3n) is 3.33. The summed E-state index contributed by atoms with van der Waals surface area (Å²) >= 11 is 7.62. The van der Waals surface area contributed by atoms with E-state index in [0.717, 1.165) is 16.3 Å². The maximum atomic E-state index is 5.91. The average Bonchev–Trinajstić information content (AvgIpc) is 2.58. The molecule has 0 bridgehead atoms. The van der Waals surface area contributed by atoms with Crippen molar-refractivity contribution in [1.29, 1.82) is 0 Å². The molecule has 0 saturated carbocycles. The zero-order valence-electron chi connectivity index (χ0n) is 12.7. The molecular weight excluding hydrogens is 322 g/mol. The van der Waals surface area contributed by atoms with Crippen molar-refractivity contribution in [2.75, 3.05) is 0 Å². The standard InChI is InChI=1S/C20H16ClNS/c1-15-2-8-18(9-3-15)22-14-16-4-10-19(11-5-16)23-20-12-6-17(21)7-13-20/h2-14H,1H3. The van der Waals surface area contributed by atoms with E-state index in [1.807, 2.05) is 42.6 Å². The van der Waals surface area contributed by atoms with E-state index in [4.69, 9.17) is 11.6 Å². The number of aliphatic imine (C=N–C) groups is 1. The number of hydrogen-bond donors (Lipinski definition) is 0. The molecule has 0 aromatic heterocycles. The van der Waals surface area contributed by atoms with Crippen LogP contribution in [0.3, 0.4) is 0 Å². The number of halogens is 1. The fraction of sp³-hybridized carbons (Fsp3) is 0.0500. The SMILES string of the molecule is Cc1ccc(N=Cc2ccc(Sc3ccc(Cl)cc3)cc2)cc1. The molecule has 0 unspecified atom stereocenters. The van der Waals surface area contributed by atoms with Crippen molar-refractivity contribution >= 4 is 35.3 Å². The van der Waals surface area contributed by atoms with Crippen LogP contribution in [0.5, 0.6) is 0 Å². The third-order valence-corrected chi connectivity index (χ3v) is 4.59. The van der Waals surface area contributed by atoms with Crippen LogP contribution in [0.4, 0.5) is 5.69 Å². The highest BCUT2D eigenvalue weighted by Gasteiger charge is 1.98. The summed E-state index contributed by atoms with van der Waals surface area (Å²) in [6.07, 6.45) is 1.89. The first-order valence-electron chi connectivity index (χ1n) is 7.33. The fourth-order valence-electron chi connectivity index (χ4n) is 2.04. The molecule has 3 heteroatoms.